The molecule has 1 N–H and O–H groups in total. The van der Waals surface area contributed by atoms with Gasteiger partial charge in [-0.25, -0.2) is 0 Å². The van der Waals surface area contributed by atoms with Crippen LogP contribution in [0.15, 0.2) is 12.1 Å². The third kappa shape index (κ3) is 1.55. The molecule has 13 heavy (non-hydrogen) atoms. The Morgan fingerprint density at radius 3 is 2.62 bits per heavy atom. The van der Waals surface area contributed by atoms with E-state index in [1.54, 1.807) is 11.1 Å². The fraction of sp³-hybridized carbons (Fsp3) is 0.500. The van der Waals surface area contributed by atoms with E-state index in [-0.39, 0.29) is 0 Å². The average Bonchev–Trinajstić information content (AvgIpc) is 2.52. The van der Waals surface area contributed by atoms with Crippen LogP contribution in [0.3, 0.4) is 0 Å². The van der Waals surface area contributed by atoms with Crippen LogP contribution in [-0.2, 0) is 12.8 Å². The van der Waals surface area contributed by atoms with Crippen molar-refractivity contribution < 1.29 is 0 Å². The Bertz CT molecular complexity index is 315. The lowest BCUT2D eigenvalue weighted by molar-refractivity contribution is 0.911. The fourth-order valence-electron chi connectivity index (χ4n) is 2.13. The molecule has 0 unspecified atom stereocenters. The molecule has 0 atom stereocenters. The van der Waals surface area contributed by atoms with Gasteiger partial charge in [-0.05, 0) is 55.9 Å². The minimum absolute atomic E-state index is 1.01. The normalized spacial score (nSPS) is 14.3. The van der Waals surface area contributed by atoms with Crippen LogP contribution in [0.25, 0.3) is 0 Å². The van der Waals surface area contributed by atoms with Crippen LogP contribution in [-0.4, -0.2) is 6.54 Å². The van der Waals surface area contributed by atoms with E-state index >= 15 is 0 Å². The summed E-state index contributed by atoms with van der Waals surface area (Å²) in [5, 5.41) is 3.41. The summed E-state index contributed by atoms with van der Waals surface area (Å²) in [6.07, 6.45) is 3.89. The molecule has 0 aromatic heterocycles. The zero-order valence-corrected chi connectivity index (χ0v) is 8.48. The molecule has 0 aliphatic heterocycles. The summed E-state index contributed by atoms with van der Waals surface area (Å²) >= 11 is 0. The highest BCUT2D eigenvalue weighted by Crippen LogP contribution is 2.27. The third-order valence-electron chi connectivity index (χ3n) is 2.81. The molecule has 2 rings (SSSR count). The Kier molecular flexibility index (Phi) is 2.26. The van der Waals surface area contributed by atoms with Gasteiger partial charge >= 0.3 is 0 Å². The lowest BCUT2D eigenvalue weighted by Crippen LogP contribution is -2.00. The maximum Gasteiger partial charge on any atom is 0.0372 e. The van der Waals surface area contributed by atoms with E-state index in [9.17, 15) is 0 Å². The van der Waals surface area contributed by atoms with Gasteiger partial charge in [0.1, 0.15) is 0 Å². The second-order valence-corrected chi connectivity index (χ2v) is 3.82. The molecular weight excluding hydrogens is 158 g/mol. The fourth-order valence-corrected chi connectivity index (χ4v) is 2.13. The lowest BCUT2D eigenvalue weighted by atomic mass is 10.1. The van der Waals surface area contributed by atoms with E-state index in [0.717, 1.165) is 6.54 Å². The Morgan fingerprint density at radius 2 is 1.92 bits per heavy atom. The van der Waals surface area contributed by atoms with E-state index in [1.807, 2.05) is 0 Å². The molecule has 1 aromatic rings. The minimum Gasteiger partial charge on any atom is -0.385 e. The first-order valence-corrected chi connectivity index (χ1v) is 5.17. The van der Waals surface area contributed by atoms with Gasteiger partial charge in [0.15, 0.2) is 0 Å². The SMILES string of the molecule is CCNc1cc2c(cc1C)CCC2. The van der Waals surface area contributed by atoms with Crippen molar-refractivity contribution in [2.75, 3.05) is 11.9 Å². The third-order valence-corrected chi connectivity index (χ3v) is 2.81. The summed E-state index contributed by atoms with van der Waals surface area (Å²) in [7, 11) is 0. The maximum absolute atomic E-state index is 3.41. The molecule has 1 aromatic carbocycles. The van der Waals surface area contributed by atoms with Crippen LogP contribution in [0.2, 0.25) is 0 Å². The van der Waals surface area contributed by atoms with E-state index in [0.29, 0.717) is 0 Å². The summed E-state index contributed by atoms with van der Waals surface area (Å²) in [4.78, 5) is 0. The number of fused-ring (bicyclic) bond motifs is 1. The van der Waals surface area contributed by atoms with Crippen molar-refractivity contribution in [3.05, 3.63) is 28.8 Å². The van der Waals surface area contributed by atoms with Crippen molar-refractivity contribution in [3.63, 3.8) is 0 Å². The van der Waals surface area contributed by atoms with E-state index in [1.165, 1.54) is 30.5 Å². The van der Waals surface area contributed by atoms with E-state index in [2.05, 4.69) is 31.3 Å². The van der Waals surface area contributed by atoms with Gasteiger partial charge < -0.3 is 5.32 Å². The second kappa shape index (κ2) is 3.41. The standard InChI is InChI=1S/C12H17N/c1-3-13-12-8-11-6-4-5-10(11)7-9(12)2/h7-8,13H,3-6H2,1-2H3. The zero-order chi connectivity index (χ0) is 9.26. The Labute approximate surface area is 80.2 Å². The quantitative estimate of drug-likeness (QED) is 0.728. The Morgan fingerprint density at radius 1 is 1.23 bits per heavy atom. The van der Waals surface area contributed by atoms with Gasteiger partial charge in [-0.15, -0.1) is 0 Å². The summed E-state index contributed by atoms with van der Waals surface area (Å²) in [6.45, 7) is 5.35. The first kappa shape index (κ1) is 8.61. The second-order valence-electron chi connectivity index (χ2n) is 3.82. The van der Waals surface area contributed by atoms with Crippen LogP contribution < -0.4 is 5.32 Å². The van der Waals surface area contributed by atoms with Crippen LogP contribution in [0, 0.1) is 6.92 Å². The van der Waals surface area contributed by atoms with Crippen LogP contribution in [0.1, 0.15) is 30.0 Å². The number of hydrogen-bond donors (Lipinski definition) is 1. The molecule has 0 spiro atoms. The number of aryl methyl sites for hydroxylation is 3. The number of nitrogens with one attached hydrogen (secondary N) is 1. The van der Waals surface area contributed by atoms with Crippen LogP contribution >= 0.6 is 0 Å². The highest BCUT2D eigenvalue weighted by Gasteiger charge is 2.12. The number of rotatable bonds is 2. The van der Waals surface area contributed by atoms with Crippen LogP contribution in [0.4, 0.5) is 5.69 Å². The zero-order valence-electron chi connectivity index (χ0n) is 8.48. The number of benzene rings is 1. The van der Waals surface area contributed by atoms with Crippen molar-refractivity contribution in [2.24, 2.45) is 0 Å². The monoisotopic (exact) mass is 175 g/mol. The molecule has 70 valence electrons. The van der Waals surface area contributed by atoms with E-state index < -0.39 is 0 Å². The molecule has 0 saturated heterocycles. The Hall–Kier alpha value is -0.980. The van der Waals surface area contributed by atoms with E-state index in [4.69, 9.17) is 0 Å². The topological polar surface area (TPSA) is 12.0 Å². The van der Waals surface area contributed by atoms with Gasteiger partial charge in [-0.1, -0.05) is 6.07 Å². The lowest BCUT2D eigenvalue weighted by Gasteiger charge is -2.10. The summed E-state index contributed by atoms with van der Waals surface area (Å²) in [6, 6.07) is 4.68. The maximum atomic E-state index is 3.41. The predicted octanol–water partition coefficient (Wildman–Crippen LogP) is 2.92. The molecule has 1 aliphatic rings. The highest BCUT2D eigenvalue weighted by molar-refractivity contribution is 5.56. The summed E-state index contributed by atoms with van der Waals surface area (Å²) in [5.74, 6) is 0. The largest absolute Gasteiger partial charge is 0.385 e. The molecule has 0 bridgehead atoms. The van der Waals surface area contributed by atoms with Gasteiger partial charge in [0, 0.05) is 12.2 Å². The molecule has 0 saturated carbocycles. The summed E-state index contributed by atoms with van der Waals surface area (Å²) < 4.78 is 0. The van der Waals surface area contributed by atoms with Crippen LogP contribution in [0.5, 0.6) is 0 Å². The molecule has 1 heteroatoms. The number of anilines is 1. The van der Waals surface area contributed by atoms with Crippen molar-refractivity contribution in [1.82, 2.24) is 0 Å². The van der Waals surface area contributed by atoms with Crippen molar-refractivity contribution >= 4 is 5.69 Å². The van der Waals surface area contributed by atoms with Gasteiger partial charge in [0.05, 0.1) is 0 Å². The first-order chi connectivity index (χ1) is 6.31. The van der Waals surface area contributed by atoms with Crippen molar-refractivity contribution in [3.8, 4) is 0 Å². The van der Waals surface area contributed by atoms with Crippen molar-refractivity contribution in [2.45, 2.75) is 33.1 Å². The smallest absolute Gasteiger partial charge is 0.0372 e. The minimum atomic E-state index is 1.01. The van der Waals surface area contributed by atoms with Gasteiger partial charge in [0.25, 0.3) is 0 Å². The van der Waals surface area contributed by atoms with Gasteiger partial charge in [-0.3, -0.25) is 0 Å². The van der Waals surface area contributed by atoms with Gasteiger partial charge in [0.2, 0.25) is 0 Å². The average molecular weight is 175 g/mol. The molecular formula is C12H17N. The highest BCUT2D eigenvalue weighted by atomic mass is 14.9. The molecule has 0 heterocycles. The number of hydrogen-bond acceptors (Lipinski definition) is 1. The molecule has 1 nitrogen and oxygen atoms in total. The Balaban J connectivity index is 2.37. The molecule has 0 fully saturated rings. The first-order valence-electron chi connectivity index (χ1n) is 5.17. The predicted molar refractivity (Wildman–Crippen MR) is 57.4 cm³/mol. The molecule has 0 amide bonds. The van der Waals surface area contributed by atoms with Gasteiger partial charge in [-0.2, -0.15) is 0 Å². The van der Waals surface area contributed by atoms with Crippen molar-refractivity contribution in [1.29, 1.82) is 0 Å². The molecule has 0 radical (unpaired) electrons. The summed E-state index contributed by atoms with van der Waals surface area (Å²) in [5.41, 5.74) is 5.84. The molecule has 1 aliphatic carbocycles.